The molecule has 2 N–H and O–H groups in total. The van der Waals surface area contributed by atoms with Gasteiger partial charge in [-0.25, -0.2) is 9.67 Å². The minimum atomic E-state index is -0.494. The Balaban J connectivity index is 1.56. The van der Waals surface area contributed by atoms with Gasteiger partial charge in [-0.15, -0.1) is 5.10 Å². The van der Waals surface area contributed by atoms with Crippen molar-refractivity contribution in [1.82, 2.24) is 24.9 Å². The molecule has 2 saturated carbocycles. The van der Waals surface area contributed by atoms with Crippen molar-refractivity contribution in [3.05, 3.63) is 40.9 Å². The molecule has 5 rings (SSSR count). The van der Waals surface area contributed by atoms with Crippen LogP contribution in [-0.2, 0) is 5.54 Å². The lowest BCUT2D eigenvalue weighted by atomic mass is 9.99. The smallest absolute Gasteiger partial charge is 0.297 e. The lowest BCUT2D eigenvalue weighted by Gasteiger charge is -2.17. The summed E-state index contributed by atoms with van der Waals surface area (Å²) in [5.41, 5.74) is 6.74. The van der Waals surface area contributed by atoms with Crippen molar-refractivity contribution in [3.8, 4) is 17.4 Å². The van der Waals surface area contributed by atoms with E-state index in [1.54, 1.807) is 4.68 Å². The third kappa shape index (κ3) is 2.62. The van der Waals surface area contributed by atoms with E-state index in [0.717, 1.165) is 50.0 Å². The van der Waals surface area contributed by atoms with Crippen molar-refractivity contribution in [3.63, 3.8) is 0 Å². The number of halogens is 1. The molecule has 1 aromatic carbocycles. The van der Waals surface area contributed by atoms with E-state index < -0.39 is 5.54 Å². The molecule has 0 unspecified atom stereocenters. The Hall–Kier alpha value is -2.25. The number of aromatic nitrogens is 5. The predicted octanol–water partition coefficient (Wildman–Crippen LogP) is 3.58. The van der Waals surface area contributed by atoms with Gasteiger partial charge in [-0.3, -0.25) is 0 Å². The van der Waals surface area contributed by atoms with Crippen molar-refractivity contribution in [1.29, 1.82) is 0 Å². The van der Waals surface area contributed by atoms with Crippen LogP contribution in [0, 0.1) is 0 Å². The summed E-state index contributed by atoms with van der Waals surface area (Å²) >= 11 is 6.36. The third-order valence-corrected chi connectivity index (χ3v) is 5.53. The summed E-state index contributed by atoms with van der Waals surface area (Å²) in [7, 11) is 0. The summed E-state index contributed by atoms with van der Waals surface area (Å²) in [4.78, 5) is 9.19. The maximum absolute atomic E-state index is 6.43. The van der Waals surface area contributed by atoms with Crippen molar-refractivity contribution < 1.29 is 4.52 Å². The Bertz CT molecular complexity index is 954. The van der Waals surface area contributed by atoms with E-state index in [4.69, 9.17) is 21.9 Å². The third-order valence-electron chi connectivity index (χ3n) is 5.21. The van der Waals surface area contributed by atoms with Crippen LogP contribution in [-0.4, -0.2) is 24.9 Å². The minimum absolute atomic E-state index is 0.310. The maximum Gasteiger partial charge on any atom is 0.297 e. The first kappa shape index (κ1) is 16.0. The minimum Gasteiger partial charge on any atom is -0.330 e. The number of rotatable bonds is 4. The zero-order valence-corrected chi connectivity index (χ0v) is 15.0. The zero-order chi connectivity index (χ0) is 17.7. The molecule has 0 spiro atoms. The van der Waals surface area contributed by atoms with Crippen LogP contribution in [0.15, 0.2) is 28.8 Å². The van der Waals surface area contributed by atoms with E-state index in [9.17, 15) is 0 Å². The molecule has 2 heterocycles. The molecule has 2 aromatic heterocycles. The van der Waals surface area contributed by atoms with Crippen LogP contribution in [0.3, 0.4) is 0 Å². The molecule has 0 radical (unpaired) electrons. The Morgan fingerprint density at radius 1 is 1.15 bits per heavy atom. The highest BCUT2D eigenvalue weighted by Crippen LogP contribution is 2.41. The summed E-state index contributed by atoms with van der Waals surface area (Å²) < 4.78 is 7.25. The molecule has 2 aliphatic carbocycles. The average molecular weight is 371 g/mol. The van der Waals surface area contributed by atoms with E-state index in [-0.39, 0.29) is 0 Å². The lowest BCUT2D eigenvalue weighted by Crippen LogP contribution is -2.34. The molecule has 0 bridgehead atoms. The molecule has 26 heavy (non-hydrogen) atoms. The summed E-state index contributed by atoms with van der Waals surface area (Å²) in [5.74, 6) is 2.56. The fourth-order valence-electron chi connectivity index (χ4n) is 3.57. The number of para-hydroxylation sites is 1. The highest BCUT2D eigenvalue weighted by molar-refractivity contribution is 6.32. The second-order valence-electron chi connectivity index (χ2n) is 7.22. The highest BCUT2D eigenvalue weighted by Gasteiger charge is 2.37. The first-order valence-electron chi connectivity index (χ1n) is 8.99. The molecule has 0 aliphatic heterocycles. The first-order valence-corrected chi connectivity index (χ1v) is 9.37. The van der Waals surface area contributed by atoms with Gasteiger partial charge in [0.2, 0.25) is 5.82 Å². The first-order chi connectivity index (χ1) is 12.6. The largest absolute Gasteiger partial charge is 0.330 e. The fraction of sp³-hybridized carbons (Fsp3) is 0.444. The highest BCUT2D eigenvalue weighted by atomic mass is 35.5. The lowest BCUT2D eigenvalue weighted by molar-refractivity contribution is 0.372. The summed E-state index contributed by atoms with van der Waals surface area (Å²) in [6, 6.07) is 7.60. The van der Waals surface area contributed by atoms with E-state index in [1.807, 2.05) is 24.3 Å². The van der Waals surface area contributed by atoms with Gasteiger partial charge in [0.1, 0.15) is 5.82 Å². The van der Waals surface area contributed by atoms with Gasteiger partial charge >= 0.3 is 0 Å². The Kier molecular flexibility index (Phi) is 3.62. The summed E-state index contributed by atoms with van der Waals surface area (Å²) in [6.45, 7) is 0. The average Bonchev–Trinajstić information content (AvgIpc) is 3.04. The normalized spacial score (nSPS) is 19.2. The molecule has 2 fully saturated rings. The molecule has 134 valence electrons. The van der Waals surface area contributed by atoms with Gasteiger partial charge in [0.15, 0.2) is 5.82 Å². The second-order valence-corrected chi connectivity index (χ2v) is 7.62. The van der Waals surface area contributed by atoms with E-state index >= 15 is 0 Å². The number of hydrogen-bond acceptors (Lipinski definition) is 6. The van der Waals surface area contributed by atoms with Crippen LogP contribution in [0.5, 0.6) is 0 Å². The maximum atomic E-state index is 6.43. The monoisotopic (exact) mass is 370 g/mol. The van der Waals surface area contributed by atoms with Gasteiger partial charge in [0, 0.05) is 5.92 Å². The molecule has 0 saturated heterocycles. The Morgan fingerprint density at radius 2 is 1.92 bits per heavy atom. The van der Waals surface area contributed by atoms with Gasteiger partial charge < -0.3 is 10.3 Å². The number of nitrogens with zero attached hydrogens (tertiary/aromatic N) is 5. The molecule has 3 aromatic rings. The quantitative estimate of drug-likeness (QED) is 0.754. The fourth-order valence-corrected chi connectivity index (χ4v) is 3.78. The van der Waals surface area contributed by atoms with Gasteiger partial charge in [-0.2, -0.15) is 4.98 Å². The molecular formula is C18H19ClN6O. The van der Waals surface area contributed by atoms with E-state index in [0.29, 0.717) is 28.5 Å². The zero-order valence-electron chi connectivity index (χ0n) is 14.2. The van der Waals surface area contributed by atoms with Crippen LogP contribution in [0.4, 0.5) is 0 Å². The summed E-state index contributed by atoms with van der Waals surface area (Å²) in [6.07, 6.45) is 6.13. The van der Waals surface area contributed by atoms with Crippen LogP contribution >= 0.6 is 11.6 Å². The van der Waals surface area contributed by atoms with Crippen molar-refractivity contribution >= 4 is 11.6 Å². The van der Waals surface area contributed by atoms with Gasteiger partial charge in [0.05, 0.1) is 16.2 Å². The molecule has 7 nitrogen and oxygen atoms in total. The van der Waals surface area contributed by atoms with Gasteiger partial charge in [-0.05, 0) is 37.8 Å². The number of nitrogens with two attached hydrogens (primary N) is 1. The van der Waals surface area contributed by atoms with Crippen LogP contribution in [0.1, 0.15) is 56.1 Å². The molecule has 8 heteroatoms. The van der Waals surface area contributed by atoms with Crippen LogP contribution in [0.2, 0.25) is 5.02 Å². The van der Waals surface area contributed by atoms with Gasteiger partial charge in [-0.1, -0.05) is 41.7 Å². The summed E-state index contributed by atoms with van der Waals surface area (Å²) in [5, 5.41) is 9.36. The van der Waals surface area contributed by atoms with Crippen LogP contribution in [0.25, 0.3) is 17.4 Å². The number of benzene rings is 1. The second kappa shape index (κ2) is 5.89. The molecular weight excluding hydrogens is 352 g/mol. The van der Waals surface area contributed by atoms with Crippen molar-refractivity contribution in [2.75, 3.05) is 0 Å². The SMILES string of the molecule is NC1(c2noc(-c3nc(C4CC4)n(-c4ccccc4Cl)n3)n2)CCCC1. The van der Waals surface area contributed by atoms with Crippen LogP contribution < -0.4 is 5.73 Å². The molecule has 2 aliphatic rings. The Labute approximate surface area is 155 Å². The number of hydrogen-bond donors (Lipinski definition) is 1. The Morgan fingerprint density at radius 3 is 2.65 bits per heavy atom. The topological polar surface area (TPSA) is 95.7 Å². The van der Waals surface area contributed by atoms with E-state index in [2.05, 4.69) is 20.2 Å². The predicted molar refractivity (Wildman–Crippen MR) is 96.0 cm³/mol. The van der Waals surface area contributed by atoms with Crippen molar-refractivity contribution in [2.24, 2.45) is 5.73 Å². The van der Waals surface area contributed by atoms with Crippen molar-refractivity contribution in [2.45, 2.75) is 50.0 Å². The van der Waals surface area contributed by atoms with E-state index in [1.165, 1.54) is 0 Å². The molecule has 0 amide bonds. The van der Waals surface area contributed by atoms with Gasteiger partial charge in [0.25, 0.3) is 5.89 Å². The standard InChI is InChI=1S/C18H19ClN6O/c19-12-5-1-2-6-13(12)25-15(11-7-8-11)21-14(23-25)16-22-17(24-26-16)18(20)9-3-4-10-18/h1-2,5-6,11H,3-4,7-10,20H2. The molecule has 0 atom stereocenters.